The van der Waals surface area contributed by atoms with E-state index in [1.807, 2.05) is 0 Å². The number of aromatic nitrogens is 3. The highest BCUT2D eigenvalue weighted by atomic mass is 19.1. The molecule has 2 aromatic rings. The summed E-state index contributed by atoms with van der Waals surface area (Å²) in [5.41, 5.74) is 0.377. The third-order valence-electron chi connectivity index (χ3n) is 5.81. The van der Waals surface area contributed by atoms with Crippen molar-refractivity contribution in [1.29, 1.82) is 0 Å². The number of esters is 1. The molecule has 2 aromatic heterocycles. The number of nitrogens with zero attached hydrogens (tertiary/aromatic N) is 3. The number of carbonyl (C=O) groups is 3. The Morgan fingerprint density at radius 1 is 1.31 bits per heavy atom. The van der Waals surface area contributed by atoms with Gasteiger partial charge in [0.1, 0.15) is 11.4 Å². The van der Waals surface area contributed by atoms with Crippen LogP contribution < -0.4 is 0 Å². The molecule has 1 N–H and O–H groups in total. The average molecular weight is 400 g/mol. The van der Waals surface area contributed by atoms with Gasteiger partial charge < -0.3 is 9.64 Å². The van der Waals surface area contributed by atoms with E-state index in [0.29, 0.717) is 19.4 Å². The largest absolute Gasteiger partial charge is 0.469 e. The molecule has 3 heterocycles. The van der Waals surface area contributed by atoms with Gasteiger partial charge in [-0.3, -0.25) is 24.5 Å². The lowest BCUT2D eigenvalue weighted by Crippen LogP contribution is -2.49. The van der Waals surface area contributed by atoms with Crippen molar-refractivity contribution in [2.24, 2.45) is 5.92 Å². The third-order valence-corrected chi connectivity index (χ3v) is 5.81. The van der Waals surface area contributed by atoms with Crippen LogP contribution >= 0.6 is 0 Å². The van der Waals surface area contributed by atoms with Crippen molar-refractivity contribution in [1.82, 2.24) is 20.1 Å². The summed E-state index contributed by atoms with van der Waals surface area (Å²) in [6, 6.07) is 2.81. The lowest BCUT2D eigenvalue weighted by molar-refractivity contribution is -0.147. The highest BCUT2D eigenvalue weighted by molar-refractivity contribution is 5.95. The van der Waals surface area contributed by atoms with E-state index in [0.717, 1.165) is 19.0 Å². The molecule has 1 unspecified atom stereocenters. The van der Waals surface area contributed by atoms with Crippen LogP contribution in [-0.4, -0.2) is 56.9 Å². The summed E-state index contributed by atoms with van der Waals surface area (Å²) in [7, 11) is 1.38. The minimum atomic E-state index is -0.627. The second kappa shape index (κ2) is 7.06. The van der Waals surface area contributed by atoms with E-state index in [4.69, 9.17) is 4.74 Å². The van der Waals surface area contributed by atoms with Crippen molar-refractivity contribution in [2.45, 2.75) is 38.1 Å². The van der Waals surface area contributed by atoms with Crippen LogP contribution in [0.2, 0.25) is 0 Å². The number of hydrogen-bond donors (Lipinski definition) is 1. The van der Waals surface area contributed by atoms with E-state index in [1.54, 1.807) is 4.90 Å². The van der Waals surface area contributed by atoms with Crippen molar-refractivity contribution < 1.29 is 23.5 Å². The van der Waals surface area contributed by atoms with Gasteiger partial charge in [-0.05, 0) is 37.8 Å². The SMILES string of the molecule is COC(=O)C1CCN(C(=O)c2cc(-c3cc(C(C)=O)ncc3F)n[nH]2)C2(CC2)C1. The first-order valence-corrected chi connectivity index (χ1v) is 9.47. The van der Waals surface area contributed by atoms with Gasteiger partial charge in [0.2, 0.25) is 0 Å². The summed E-state index contributed by atoms with van der Waals surface area (Å²) in [4.78, 5) is 42.0. The minimum Gasteiger partial charge on any atom is -0.469 e. The number of amides is 1. The van der Waals surface area contributed by atoms with Gasteiger partial charge in [-0.15, -0.1) is 0 Å². The zero-order valence-electron chi connectivity index (χ0n) is 16.2. The Labute approximate surface area is 166 Å². The number of Topliss-reactive ketones (excluding diaryl/α,β-unsaturated/α-hetero) is 1. The molecule has 1 aliphatic heterocycles. The molecule has 2 fully saturated rings. The number of carbonyl (C=O) groups excluding carboxylic acids is 3. The molecule has 0 bridgehead atoms. The highest BCUT2D eigenvalue weighted by Gasteiger charge is 2.54. The molecule has 2 aliphatic rings. The van der Waals surface area contributed by atoms with Crippen molar-refractivity contribution >= 4 is 17.7 Å². The van der Waals surface area contributed by atoms with Crippen molar-refractivity contribution in [3.8, 4) is 11.3 Å². The zero-order chi connectivity index (χ0) is 20.8. The van der Waals surface area contributed by atoms with E-state index < -0.39 is 5.82 Å². The first-order chi connectivity index (χ1) is 13.8. The average Bonchev–Trinajstić information content (AvgIpc) is 3.28. The molecule has 9 heteroatoms. The predicted octanol–water partition coefficient (Wildman–Crippen LogP) is 2.37. The number of rotatable bonds is 4. The monoisotopic (exact) mass is 400 g/mol. The minimum absolute atomic E-state index is 0.103. The molecule has 8 nitrogen and oxygen atoms in total. The molecule has 1 aliphatic carbocycles. The van der Waals surface area contributed by atoms with Crippen LogP contribution in [0.1, 0.15) is 53.6 Å². The summed E-state index contributed by atoms with van der Waals surface area (Å²) >= 11 is 0. The van der Waals surface area contributed by atoms with Crippen LogP contribution in [0.5, 0.6) is 0 Å². The van der Waals surface area contributed by atoms with Crippen LogP contribution in [0.15, 0.2) is 18.3 Å². The number of ketones is 1. The fourth-order valence-electron chi connectivity index (χ4n) is 4.04. The summed E-state index contributed by atoms with van der Waals surface area (Å²) in [5.74, 6) is -1.58. The molecule has 152 valence electrons. The Balaban J connectivity index is 1.56. The van der Waals surface area contributed by atoms with Crippen LogP contribution in [0.4, 0.5) is 4.39 Å². The van der Waals surface area contributed by atoms with Crippen LogP contribution in [0.25, 0.3) is 11.3 Å². The second-order valence-corrected chi connectivity index (χ2v) is 7.67. The molecular weight excluding hydrogens is 379 g/mol. The second-order valence-electron chi connectivity index (χ2n) is 7.67. The summed E-state index contributed by atoms with van der Waals surface area (Å²) < 4.78 is 19.1. The van der Waals surface area contributed by atoms with Crippen molar-refractivity contribution in [2.75, 3.05) is 13.7 Å². The first kappa shape index (κ1) is 19.2. The maximum Gasteiger partial charge on any atom is 0.308 e. The topological polar surface area (TPSA) is 105 Å². The normalized spacial score (nSPS) is 19.8. The Kier molecular flexibility index (Phi) is 4.68. The Morgan fingerprint density at radius 3 is 2.72 bits per heavy atom. The molecule has 1 saturated heterocycles. The number of piperidine rings is 1. The number of nitrogens with one attached hydrogen (secondary N) is 1. The van der Waals surface area contributed by atoms with Gasteiger partial charge in [0.15, 0.2) is 11.6 Å². The van der Waals surface area contributed by atoms with E-state index in [2.05, 4.69) is 15.2 Å². The maximum atomic E-state index is 14.2. The Morgan fingerprint density at radius 2 is 2.07 bits per heavy atom. The highest BCUT2D eigenvalue weighted by Crippen LogP contribution is 2.50. The number of methoxy groups -OCH3 is 1. The smallest absolute Gasteiger partial charge is 0.308 e. The number of halogens is 1. The van der Waals surface area contributed by atoms with Crippen LogP contribution in [0.3, 0.4) is 0 Å². The molecular formula is C20H21FN4O4. The van der Waals surface area contributed by atoms with Crippen molar-refractivity contribution in [3.05, 3.63) is 35.5 Å². The van der Waals surface area contributed by atoms with E-state index in [1.165, 1.54) is 26.2 Å². The third kappa shape index (κ3) is 3.41. The zero-order valence-corrected chi connectivity index (χ0v) is 16.2. The van der Waals surface area contributed by atoms with Gasteiger partial charge >= 0.3 is 5.97 Å². The Bertz CT molecular complexity index is 998. The molecule has 4 rings (SSSR count). The number of hydrogen-bond acceptors (Lipinski definition) is 6. The van der Waals surface area contributed by atoms with Gasteiger partial charge in [-0.25, -0.2) is 4.39 Å². The molecule has 29 heavy (non-hydrogen) atoms. The summed E-state index contributed by atoms with van der Waals surface area (Å²) in [6.07, 6.45) is 3.79. The van der Waals surface area contributed by atoms with Gasteiger partial charge in [-0.2, -0.15) is 5.10 Å². The Hall–Kier alpha value is -3.10. The lowest BCUT2D eigenvalue weighted by Gasteiger charge is -2.39. The molecule has 1 saturated carbocycles. The predicted molar refractivity (Wildman–Crippen MR) is 99.5 cm³/mol. The van der Waals surface area contributed by atoms with Gasteiger partial charge in [-0.1, -0.05) is 0 Å². The molecule has 0 radical (unpaired) electrons. The van der Waals surface area contributed by atoms with Gasteiger partial charge in [0.05, 0.1) is 24.9 Å². The summed E-state index contributed by atoms with van der Waals surface area (Å²) in [5, 5.41) is 6.75. The fraction of sp³-hybridized carbons (Fsp3) is 0.450. The number of pyridine rings is 1. The van der Waals surface area contributed by atoms with E-state index in [-0.39, 0.29) is 51.8 Å². The van der Waals surface area contributed by atoms with Crippen molar-refractivity contribution in [3.63, 3.8) is 0 Å². The molecule has 0 aromatic carbocycles. The molecule has 1 atom stereocenters. The van der Waals surface area contributed by atoms with Crippen LogP contribution in [0, 0.1) is 11.7 Å². The first-order valence-electron chi connectivity index (χ1n) is 9.47. The van der Waals surface area contributed by atoms with E-state index in [9.17, 15) is 18.8 Å². The quantitative estimate of drug-likeness (QED) is 0.624. The maximum absolute atomic E-state index is 14.2. The van der Waals surface area contributed by atoms with Gasteiger partial charge in [0.25, 0.3) is 5.91 Å². The lowest BCUT2D eigenvalue weighted by atomic mass is 9.88. The molecule has 1 spiro atoms. The number of aromatic amines is 1. The number of ether oxygens (including phenoxy) is 1. The molecule has 1 amide bonds. The number of H-pyrrole nitrogens is 1. The van der Waals surface area contributed by atoms with E-state index >= 15 is 0 Å². The van der Waals surface area contributed by atoms with Gasteiger partial charge in [0, 0.05) is 24.6 Å². The standard InChI is InChI=1S/C20H21FN4O4/c1-11(26)15-7-13(14(21)10-22-15)16-8-17(24-23-16)18(27)25-6-3-12(19(28)29-2)9-20(25)4-5-20/h7-8,10,12H,3-6,9H2,1-2H3,(H,23,24). The van der Waals surface area contributed by atoms with Crippen LogP contribution in [-0.2, 0) is 9.53 Å². The summed E-state index contributed by atoms with van der Waals surface area (Å²) in [6.45, 7) is 1.79. The number of likely N-dealkylation sites (tertiary alicyclic amines) is 1. The fourth-order valence-corrected chi connectivity index (χ4v) is 4.04.